The predicted molar refractivity (Wildman–Crippen MR) is 67.1 cm³/mol. The Labute approximate surface area is 108 Å². The number of carbonyl (C=O) groups is 2. The summed E-state index contributed by atoms with van der Waals surface area (Å²) in [5.41, 5.74) is -0.526. The van der Waals surface area contributed by atoms with E-state index in [0.717, 1.165) is 19.3 Å². The molecule has 1 aliphatic carbocycles. The largest absolute Gasteiger partial charge is 0.466 e. The van der Waals surface area contributed by atoms with Crippen LogP contribution in [0.4, 0.5) is 4.79 Å². The lowest BCUT2D eigenvalue weighted by Gasteiger charge is -2.24. The molecule has 1 rings (SSSR count). The second-order valence-corrected chi connectivity index (χ2v) is 5.54. The summed E-state index contributed by atoms with van der Waals surface area (Å²) in [5.74, 6) is -0.464. The van der Waals surface area contributed by atoms with Gasteiger partial charge in [-0.05, 0) is 40.5 Å². The molecule has 1 aliphatic rings. The van der Waals surface area contributed by atoms with Crippen molar-refractivity contribution in [3.8, 4) is 0 Å². The molecule has 0 aliphatic heterocycles. The first-order valence-electron chi connectivity index (χ1n) is 6.49. The van der Waals surface area contributed by atoms with Crippen LogP contribution in [0.3, 0.4) is 0 Å². The highest BCUT2D eigenvalue weighted by Crippen LogP contribution is 2.27. The van der Waals surface area contributed by atoms with E-state index in [1.165, 1.54) is 0 Å². The van der Waals surface area contributed by atoms with Crippen molar-refractivity contribution in [2.45, 2.75) is 58.6 Å². The van der Waals surface area contributed by atoms with Crippen molar-refractivity contribution in [1.29, 1.82) is 0 Å². The highest BCUT2D eigenvalue weighted by Gasteiger charge is 2.35. The van der Waals surface area contributed by atoms with Gasteiger partial charge in [0.1, 0.15) is 5.60 Å². The predicted octanol–water partition coefficient (Wildman–Crippen LogP) is 2.24. The lowest BCUT2D eigenvalue weighted by molar-refractivity contribution is -0.148. The van der Waals surface area contributed by atoms with Gasteiger partial charge in [-0.3, -0.25) is 4.79 Å². The average molecular weight is 257 g/mol. The molecular formula is C13H23NO4. The molecule has 104 valence electrons. The van der Waals surface area contributed by atoms with Crippen molar-refractivity contribution in [2.24, 2.45) is 5.92 Å². The van der Waals surface area contributed by atoms with E-state index >= 15 is 0 Å². The summed E-state index contributed by atoms with van der Waals surface area (Å²) in [4.78, 5) is 23.4. The Morgan fingerprint density at radius 2 is 1.94 bits per heavy atom. The molecule has 0 heterocycles. The van der Waals surface area contributed by atoms with Gasteiger partial charge in [-0.15, -0.1) is 0 Å². The van der Waals surface area contributed by atoms with Crippen LogP contribution in [0.15, 0.2) is 0 Å². The van der Waals surface area contributed by atoms with Crippen molar-refractivity contribution < 1.29 is 19.1 Å². The summed E-state index contributed by atoms with van der Waals surface area (Å²) >= 11 is 0. The van der Waals surface area contributed by atoms with Gasteiger partial charge in [0.15, 0.2) is 0 Å². The molecule has 0 spiro atoms. The molecule has 2 unspecified atom stereocenters. The zero-order valence-electron chi connectivity index (χ0n) is 11.6. The molecule has 1 amide bonds. The Kier molecular flexibility index (Phi) is 4.99. The number of carbonyl (C=O) groups excluding carboxylic acids is 2. The monoisotopic (exact) mass is 257 g/mol. The summed E-state index contributed by atoms with van der Waals surface area (Å²) in [6, 6.07) is -0.168. The van der Waals surface area contributed by atoms with Crippen LogP contribution in [0, 0.1) is 5.92 Å². The van der Waals surface area contributed by atoms with Gasteiger partial charge in [0.05, 0.1) is 12.5 Å². The van der Waals surface area contributed by atoms with Crippen LogP contribution in [0.25, 0.3) is 0 Å². The first kappa shape index (κ1) is 14.8. The Bertz CT molecular complexity index is 309. The normalized spacial score (nSPS) is 23.6. The van der Waals surface area contributed by atoms with E-state index < -0.39 is 11.7 Å². The second kappa shape index (κ2) is 6.07. The minimum atomic E-state index is -0.526. The second-order valence-electron chi connectivity index (χ2n) is 5.54. The van der Waals surface area contributed by atoms with Crippen LogP contribution < -0.4 is 5.32 Å². The van der Waals surface area contributed by atoms with Gasteiger partial charge in [-0.25, -0.2) is 4.79 Å². The quantitative estimate of drug-likeness (QED) is 0.787. The molecule has 0 radical (unpaired) electrons. The van der Waals surface area contributed by atoms with Crippen LogP contribution in [-0.4, -0.2) is 30.3 Å². The summed E-state index contributed by atoms with van der Waals surface area (Å²) in [5, 5.41) is 2.76. The molecule has 0 saturated heterocycles. The molecule has 5 heteroatoms. The highest BCUT2D eigenvalue weighted by molar-refractivity contribution is 5.75. The first-order chi connectivity index (χ1) is 8.33. The third-order valence-electron chi connectivity index (χ3n) is 2.81. The standard InChI is InChI=1S/C13H23NO4/c1-5-17-11(15)9-7-6-8-10(9)14-12(16)18-13(2,3)4/h9-10H,5-8H2,1-4H3,(H,14,16). The summed E-state index contributed by atoms with van der Waals surface area (Å²) in [7, 11) is 0. The SMILES string of the molecule is CCOC(=O)C1CCCC1NC(=O)OC(C)(C)C. The van der Waals surface area contributed by atoms with Crippen molar-refractivity contribution in [3.63, 3.8) is 0 Å². The van der Waals surface area contributed by atoms with E-state index in [1.54, 1.807) is 6.92 Å². The Morgan fingerprint density at radius 3 is 2.50 bits per heavy atom. The summed E-state index contributed by atoms with van der Waals surface area (Å²) < 4.78 is 10.2. The molecule has 0 aromatic carbocycles. The van der Waals surface area contributed by atoms with Gasteiger partial charge in [-0.2, -0.15) is 0 Å². The van der Waals surface area contributed by atoms with Gasteiger partial charge >= 0.3 is 12.1 Å². The van der Waals surface area contributed by atoms with Crippen LogP contribution in [0.1, 0.15) is 47.0 Å². The fourth-order valence-corrected chi connectivity index (χ4v) is 2.12. The van der Waals surface area contributed by atoms with Crippen molar-refractivity contribution in [1.82, 2.24) is 5.32 Å². The molecule has 2 atom stereocenters. The maximum Gasteiger partial charge on any atom is 0.407 e. The van der Waals surface area contributed by atoms with E-state index in [-0.39, 0.29) is 17.9 Å². The lowest BCUT2D eigenvalue weighted by Crippen LogP contribution is -2.43. The van der Waals surface area contributed by atoms with Crippen LogP contribution in [0.2, 0.25) is 0 Å². The zero-order valence-corrected chi connectivity index (χ0v) is 11.6. The van der Waals surface area contributed by atoms with Crippen molar-refractivity contribution >= 4 is 12.1 Å². The van der Waals surface area contributed by atoms with Gasteiger partial charge in [0, 0.05) is 6.04 Å². The minimum Gasteiger partial charge on any atom is -0.466 e. The summed E-state index contributed by atoms with van der Waals surface area (Å²) in [6.07, 6.45) is 2.01. The third-order valence-corrected chi connectivity index (χ3v) is 2.81. The number of rotatable bonds is 3. The van der Waals surface area contributed by atoms with E-state index in [9.17, 15) is 9.59 Å². The lowest BCUT2D eigenvalue weighted by atomic mass is 10.0. The summed E-state index contributed by atoms with van der Waals surface area (Å²) in [6.45, 7) is 7.58. The molecule has 1 fully saturated rings. The van der Waals surface area contributed by atoms with Gasteiger partial charge in [0.25, 0.3) is 0 Å². The fourth-order valence-electron chi connectivity index (χ4n) is 2.12. The number of amides is 1. The van der Waals surface area contributed by atoms with Gasteiger partial charge in [-0.1, -0.05) is 6.42 Å². The van der Waals surface area contributed by atoms with Gasteiger partial charge in [0.2, 0.25) is 0 Å². The van der Waals surface area contributed by atoms with Crippen LogP contribution >= 0.6 is 0 Å². The average Bonchev–Trinajstić information content (AvgIpc) is 2.62. The van der Waals surface area contributed by atoms with Crippen LogP contribution in [0.5, 0.6) is 0 Å². The first-order valence-corrected chi connectivity index (χ1v) is 6.49. The molecule has 5 nitrogen and oxygen atoms in total. The number of hydrogen-bond acceptors (Lipinski definition) is 4. The minimum absolute atomic E-state index is 0.168. The van der Waals surface area contributed by atoms with Crippen molar-refractivity contribution in [3.05, 3.63) is 0 Å². The maximum absolute atomic E-state index is 11.7. The molecule has 0 aromatic heterocycles. The third kappa shape index (κ3) is 4.55. The van der Waals surface area contributed by atoms with E-state index in [4.69, 9.17) is 9.47 Å². The maximum atomic E-state index is 11.7. The molecule has 18 heavy (non-hydrogen) atoms. The Balaban J connectivity index is 2.50. The molecule has 0 bridgehead atoms. The Hall–Kier alpha value is -1.26. The molecule has 0 aromatic rings. The molecule has 1 N–H and O–H groups in total. The van der Waals surface area contributed by atoms with Gasteiger partial charge < -0.3 is 14.8 Å². The van der Waals surface area contributed by atoms with Crippen LogP contribution in [-0.2, 0) is 14.3 Å². The fraction of sp³-hybridized carbons (Fsp3) is 0.846. The highest BCUT2D eigenvalue weighted by atomic mass is 16.6. The Morgan fingerprint density at radius 1 is 1.28 bits per heavy atom. The number of esters is 1. The van der Waals surface area contributed by atoms with E-state index in [0.29, 0.717) is 6.61 Å². The van der Waals surface area contributed by atoms with E-state index in [1.807, 2.05) is 20.8 Å². The number of hydrogen-bond donors (Lipinski definition) is 1. The van der Waals surface area contributed by atoms with E-state index in [2.05, 4.69) is 5.32 Å². The number of alkyl carbamates (subject to hydrolysis) is 1. The number of ether oxygens (including phenoxy) is 2. The smallest absolute Gasteiger partial charge is 0.407 e. The molecular weight excluding hydrogens is 234 g/mol. The zero-order chi connectivity index (χ0) is 13.8. The topological polar surface area (TPSA) is 64.6 Å². The van der Waals surface area contributed by atoms with Crippen molar-refractivity contribution in [2.75, 3.05) is 6.61 Å². The molecule has 1 saturated carbocycles. The number of nitrogens with one attached hydrogen (secondary N) is 1.